The van der Waals surface area contributed by atoms with Gasteiger partial charge in [0.1, 0.15) is 12.1 Å². The quantitative estimate of drug-likeness (QED) is 0.787. The zero-order chi connectivity index (χ0) is 13.8. The minimum Gasteiger partial charge on any atom is -0.465 e. The van der Waals surface area contributed by atoms with Crippen LogP contribution in [-0.2, 0) is 9.53 Å². The Hall–Kier alpha value is -2.11. The van der Waals surface area contributed by atoms with Gasteiger partial charge < -0.3 is 14.6 Å². The van der Waals surface area contributed by atoms with Crippen LogP contribution in [-0.4, -0.2) is 41.0 Å². The molecule has 1 aromatic rings. The van der Waals surface area contributed by atoms with Crippen molar-refractivity contribution in [2.45, 2.75) is 25.8 Å². The van der Waals surface area contributed by atoms with Crippen LogP contribution < -0.4 is 5.43 Å². The van der Waals surface area contributed by atoms with Crippen molar-refractivity contribution in [2.75, 3.05) is 13.2 Å². The summed E-state index contributed by atoms with van der Waals surface area (Å²) in [6.45, 7) is 1.88. The largest absolute Gasteiger partial charge is 0.465 e. The minimum absolute atomic E-state index is 0.0384. The molecule has 0 aromatic carbocycles. The molecule has 0 saturated heterocycles. The van der Waals surface area contributed by atoms with E-state index in [1.165, 1.54) is 23.4 Å². The number of nitrogens with one attached hydrogen (secondary N) is 1. The van der Waals surface area contributed by atoms with Crippen molar-refractivity contribution < 1.29 is 14.3 Å². The summed E-state index contributed by atoms with van der Waals surface area (Å²) in [5.74, 6) is -0.868. The third-order valence-corrected chi connectivity index (χ3v) is 2.91. The van der Waals surface area contributed by atoms with Gasteiger partial charge in [-0.2, -0.15) is 0 Å². The molecule has 1 heterocycles. The third-order valence-electron chi connectivity index (χ3n) is 2.91. The SMILES string of the molecule is CCOC(=O)CN(C(=O)c1c[nH]ccc1=O)C1CC1. The molecule has 6 heteroatoms. The van der Waals surface area contributed by atoms with E-state index in [0.717, 1.165) is 12.8 Å². The van der Waals surface area contributed by atoms with E-state index >= 15 is 0 Å². The van der Waals surface area contributed by atoms with Gasteiger partial charge >= 0.3 is 5.97 Å². The topological polar surface area (TPSA) is 79.5 Å². The highest BCUT2D eigenvalue weighted by molar-refractivity contribution is 5.96. The maximum Gasteiger partial charge on any atom is 0.325 e. The van der Waals surface area contributed by atoms with Gasteiger partial charge in [-0.25, -0.2) is 0 Å². The molecule has 1 aromatic heterocycles. The summed E-state index contributed by atoms with van der Waals surface area (Å²) in [6.07, 6.45) is 4.54. The Kier molecular flexibility index (Phi) is 3.99. The summed E-state index contributed by atoms with van der Waals surface area (Å²) < 4.78 is 4.85. The first-order chi connectivity index (χ1) is 9.13. The molecule has 2 rings (SSSR count). The molecule has 0 atom stereocenters. The number of carbonyl (C=O) groups is 2. The molecule has 1 amide bonds. The number of aromatic nitrogens is 1. The number of H-pyrrole nitrogens is 1. The molecule has 0 spiro atoms. The summed E-state index contributed by atoms with van der Waals surface area (Å²) >= 11 is 0. The van der Waals surface area contributed by atoms with E-state index in [4.69, 9.17) is 4.74 Å². The number of esters is 1. The fraction of sp³-hybridized carbons (Fsp3) is 0.462. The first-order valence-electron chi connectivity index (χ1n) is 6.27. The molecule has 1 fully saturated rings. The smallest absolute Gasteiger partial charge is 0.325 e. The normalized spacial score (nSPS) is 13.9. The standard InChI is InChI=1S/C13H16N2O4/c1-2-19-12(17)8-15(9-3-4-9)13(18)10-7-14-6-5-11(10)16/h5-7,9H,2-4,8H2,1H3,(H,14,16). The highest BCUT2D eigenvalue weighted by Crippen LogP contribution is 2.27. The number of carbonyl (C=O) groups excluding carboxylic acids is 2. The van der Waals surface area contributed by atoms with Gasteiger partial charge in [0.15, 0.2) is 5.43 Å². The van der Waals surface area contributed by atoms with Crippen molar-refractivity contribution in [1.29, 1.82) is 0 Å². The van der Waals surface area contributed by atoms with E-state index in [2.05, 4.69) is 4.98 Å². The second-order valence-electron chi connectivity index (χ2n) is 4.39. The van der Waals surface area contributed by atoms with Crippen LogP contribution in [0.15, 0.2) is 23.3 Å². The number of ether oxygens (including phenoxy) is 1. The molecule has 6 nitrogen and oxygen atoms in total. The molecule has 1 saturated carbocycles. The van der Waals surface area contributed by atoms with E-state index < -0.39 is 11.9 Å². The van der Waals surface area contributed by atoms with Gasteiger partial charge in [-0.05, 0) is 19.8 Å². The molecular weight excluding hydrogens is 248 g/mol. The number of aromatic amines is 1. The fourth-order valence-electron chi connectivity index (χ4n) is 1.84. The summed E-state index contributed by atoms with van der Waals surface area (Å²) in [6, 6.07) is 1.33. The van der Waals surface area contributed by atoms with Gasteiger partial charge in [0.25, 0.3) is 5.91 Å². The van der Waals surface area contributed by atoms with Crippen LogP contribution >= 0.6 is 0 Å². The first-order valence-corrected chi connectivity index (χ1v) is 6.27. The van der Waals surface area contributed by atoms with Gasteiger partial charge in [0.2, 0.25) is 0 Å². The second-order valence-corrected chi connectivity index (χ2v) is 4.39. The maximum absolute atomic E-state index is 12.3. The lowest BCUT2D eigenvalue weighted by Crippen LogP contribution is -2.40. The number of nitrogens with zero attached hydrogens (tertiary/aromatic N) is 1. The molecule has 102 valence electrons. The van der Waals surface area contributed by atoms with Gasteiger partial charge in [0, 0.05) is 24.5 Å². The molecule has 1 aliphatic carbocycles. The Morgan fingerprint density at radius 2 is 2.21 bits per heavy atom. The van der Waals surface area contributed by atoms with Crippen molar-refractivity contribution in [3.8, 4) is 0 Å². The third kappa shape index (κ3) is 3.21. The number of hydrogen-bond donors (Lipinski definition) is 1. The molecule has 1 aliphatic rings. The highest BCUT2D eigenvalue weighted by Gasteiger charge is 2.35. The summed E-state index contributed by atoms with van der Waals surface area (Å²) in [5.41, 5.74) is -0.294. The molecule has 1 N–H and O–H groups in total. The summed E-state index contributed by atoms with van der Waals surface area (Å²) in [7, 11) is 0. The molecule has 0 aliphatic heterocycles. The highest BCUT2D eigenvalue weighted by atomic mass is 16.5. The van der Waals surface area contributed by atoms with Gasteiger partial charge in [-0.15, -0.1) is 0 Å². The maximum atomic E-state index is 12.3. The van der Waals surface area contributed by atoms with Gasteiger partial charge in [0.05, 0.1) is 6.61 Å². The number of hydrogen-bond acceptors (Lipinski definition) is 4. The predicted octanol–water partition coefficient (Wildman–Crippen LogP) is 0.543. The average molecular weight is 264 g/mol. The van der Waals surface area contributed by atoms with Crippen LogP contribution in [0.1, 0.15) is 30.1 Å². The van der Waals surface area contributed by atoms with Crippen molar-refractivity contribution in [3.05, 3.63) is 34.2 Å². The Labute approximate surface area is 110 Å². The van der Waals surface area contributed by atoms with Crippen LogP contribution in [0.3, 0.4) is 0 Å². The van der Waals surface area contributed by atoms with E-state index in [1.807, 2.05) is 0 Å². The van der Waals surface area contributed by atoms with E-state index in [0.29, 0.717) is 0 Å². The first kappa shape index (κ1) is 13.3. The second kappa shape index (κ2) is 5.69. The van der Waals surface area contributed by atoms with Crippen LogP contribution in [0.25, 0.3) is 0 Å². The molecule has 0 unspecified atom stereocenters. The van der Waals surface area contributed by atoms with E-state index in [-0.39, 0.29) is 30.2 Å². The number of amides is 1. The van der Waals surface area contributed by atoms with Crippen molar-refractivity contribution >= 4 is 11.9 Å². The van der Waals surface area contributed by atoms with E-state index in [1.54, 1.807) is 6.92 Å². The fourth-order valence-corrected chi connectivity index (χ4v) is 1.84. The minimum atomic E-state index is -0.449. The molecular formula is C13H16N2O4. The van der Waals surface area contributed by atoms with Crippen LogP contribution in [0.2, 0.25) is 0 Å². The summed E-state index contributed by atoms with van der Waals surface area (Å²) in [5, 5.41) is 0. The number of rotatable bonds is 5. The number of pyridine rings is 1. The molecule has 0 bridgehead atoms. The Bertz CT molecular complexity index is 533. The summed E-state index contributed by atoms with van der Waals surface area (Å²) in [4.78, 5) is 39.6. The Balaban J connectivity index is 2.15. The predicted molar refractivity (Wildman–Crippen MR) is 67.8 cm³/mol. The lowest BCUT2D eigenvalue weighted by molar-refractivity contribution is -0.144. The molecule has 0 radical (unpaired) electrons. The van der Waals surface area contributed by atoms with Gasteiger partial charge in [-0.3, -0.25) is 14.4 Å². The Morgan fingerprint density at radius 3 is 2.79 bits per heavy atom. The lowest BCUT2D eigenvalue weighted by atomic mass is 10.2. The zero-order valence-corrected chi connectivity index (χ0v) is 10.7. The van der Waals surface area contributed by atoms with Crippen molar-refractivity contribution in [3.63, 3.8) is 0 Å². The Morgan fingerprint density at radius 1 is 1.47 bits per heavy atom. The van der Waals surface area contributed by atoms with E-state index in [9.17, 15) is 14.4 Å². The zero-order valence-electron chi connectivity index (χ0n) is 10.7. The van der Waals surface area contributed by atoms with Crippen LogP contribution in [0.5, 0.6) is 0 Å². The van der Waals surface area contributed by atoms with Crippen LogP contribution in [0, 0.1) is 0 Å². The van der Waals surface area contributed by atoms with Crippen LogP contribution in [0.4, 0.5) is 0 Å². The van der Waals surface area contributed by atoms with Crippen molar-refractivity contribution in [1.82, 2.24) is 9.88 Å². The van der Waals surface area contributed by atoms with Crippen molar-refractivity contribution in [2.24, 2.45) is 0 Å². The average Bonchev–Trinajstić information content (AvgIpc) is 3.20. The lowest BCUT2D eigenvalue weighted by Gasteiger charge is -2.20. The molecule has 19 heavy (non-hydrogen) atoms. The monoisotopic (exact) mass is 264 g/mol. The van der Waals surface area contributed by atoms with Gasteiger partial charge in [-0.1, -0.05) is 0 Å².